The van der Waals surface area contributed by atoms with E-state index in [9.17, 15) is 0 Å². The second kappa shape index (κ2) is 3.42. The van der Waals surface area contributed by atoms with Gasteiger partial charge in [0.15, 0.2) is 0 Å². The largest absolute Gasteiger partial charge is 0.341 e. The Balaban J connectivity index is 2.54. The lowest BCUT2D eigenvalue weighted by Crippen LogP contribution is -2.06. The van der Waals surface area contributed by atoms with E-state index >= 15 is 0 Å². The van der Waals surface area contributed by atoms with Crippen LogP contribution in [0.15, 0.2) is 18.2 Å². The van der Waals surface area contributed by atoms with Crippen molar-refractivity contribution in [3.8, 4) is 0 Å². The zero-order chi connectivity index (χ0) is 10.1. The highest BCUT2D eigenvalue weighted by atomic mass is 15.0. The van der Waals surface area contributed by atoms with Crippen molar-refractivity contribution >= 4 is 11.0 Å². The van der Waals surface area contributed by atoms with E-state index in [1.807, 2.05) is 13.0 Å². The number of nitrogens with two attached hydrogens (primary N) is 1. The van der Waals surface area contributed by atoms with Gasteiger partial charge in [0.05, 0.1) is 17.1 Å². The SMILES string of the molecule is CCc1ccc2nc([C@@H](C)N)[nH]c2c1. The standard InChI is InChI=1S/C11H15N3/c1-3-8-4-5-9-10(6-8)14-11(13-9)7(2)12/h4-7H,3,12H2,1-2H3,(H,13,14)/t7-/m1/s1. The summed E-state index contributed by atoms with van der Waals surface area (Å²) in [6, 6.07) is 6.24. The molecular weight excluding hydrogens is 174 g/mol. The number of aromatic amines is 1. The number of hydrogen-bond donors (Lipinski definition) is 2. The van der Waals surface area contributed by atoms with E-state index in [0.29, 0.717) is 0 Å². The molecule has 0 saturated carbocycles. The Morgan fingerprint density at radius 1 is 1.50 bits per heavy atom. The Morgan fingerprint density at radius 2 is 2.29 bits per heavy atom. The molecule has 0 amide bonds. The van der Waals surface area contributed by atoms with E-state index in [4.69, 9.17) is 5.73 Å². The molecule has 1 atom stereocenters. The highest BCUT2D eigenvalue weighted by Gasteiger charge is 2.06. The first-order chi connectivity index (χ1) is 6.70. The van der Waals surface area contributed by atoms with Crippen LogP contribution in [0.3, 0.4) is 0 Å². The van der Waals surface area contributed by atoms with Crippen molar-refractivity contribution in [1.29, 1.82) is 0 Å². The van der Waals surface area contributed by atoms with E-state index in [2.05, 4.69) is 29.0 Å². The molecule has 3 nitrogen and oxygen atoms in total. The first kappa shape index (κ1) is 9.21. The third kappa shape index (κ3) is 1.51. The van der Waals surface area contributed by atoms with Crippen LogP contribution in [0.1, 0.15) is 31.3 Å². The van der Waals surface area contributed by atoms with Crippen molar-refractivity contribution in [2.45, 2.75) is 26.3 Å². The molecule has 2 aromatic rings. The molecule has 0 aliphatic heterocycles. The van der Waals surface area contributed by atoms with Gasteiger partial charge in [-0.15, -0.1) is 0 Å². The third-order valence-electron chi connectivity index (χ3n) is 2.40. The number of H-pyrrole nitrogens is 1. The number of aryl methyl sites for hydroxylation is 1. The van der Waals surface area contributed by atoms with Crippen LogP contribution in [-0.2, 0) is 6.42 Å². The molecule has 3 heteroatoms. The predicted octanol–water partition coefficient (Wildman–Crippen LogP) is 2.14. The van der Waals surface area contributed by atoms with Crippen LogP contribution in [0.25, 0.3) is 11.0 Å². The molecule has 74 valence electrons. The van der Waals surface area contributed by atoms with Gasteiger partial charge in [0.2, 0.25) is 0 Å². The number of hydrogen-bond acceptors (Lipinski definition) is 2. The quantitative estimate of drug-likeness (QED) is 0.760. The van der Waals surface area contributed by atoms with E-state index < -0.39 is 0 Å². The number of aromatic nitrogens is 2. The maximum absolute atomic E-state index is 5.75. The van der Waals surface area contributed by atoms with Crippen molar-refractivity contribution in [2.24, 2.45) is 5.73 Å². The topological polar surface area (TPSA) is 54.7 Å². The number of imidazole rings is 1. The maximum atomic E-state index is 5.75. The van der Waals surface area contributed by atoms with E-state index in [-0.39, 0.29) is 6.04 Å². The Morgan fingerprint density at radius 3 is 2.93 bits per heavy atom. The molecule has 1 aromatic carbocycles. The van der Waals surface area contributed by atoms with Gasteiger partial charge >= 0.3 is 0 Å². The van der Waals surface area contributed by atoms with E-state index in [1.54, 1.807) is 0 Å². The molecule has 1 heterocycles. The van der Waals surface area contributed by atoms with Crippen LogP contribution in [0.5, 0.6) is 0 Å². The van der Waals surface area contributed by atoms with Crippen molar-refractivity contribution in [3.63, 3.8) is 0 Å². The molecular formula is C11H15N3. The van der Waals surface area contributed by atoms with Gasteiger partial charge in [-0.2, -0.15) is 0 Å². The van der Waals surface area contributed by atoms with Crippen molar-refractivity contribution < 1.29 is 0 Å². The molecule has 14 heavy (non-hydrogen) atoms. The van der Waals surface area contributed by atoms with Crippen LogP contribution >= 0.6 is 0 Å². The molecule has 0 aliphatic rings. The van der Waals surface area contributed by atoms with Gasteiger partial charge in [-0.3, -0.25) is 0 Å². The normalized spacial score (nSPS) is 13.4. The average Bonchev–Trinajstić information content (AvgIpc) is 2.59. The van der Waals surface area contributed by atoms with Crippen LogP contribution in [0, 0.1) is 0 Å². The summed E-state index contributed by atoms with van der Waals surface area (Å²) >= 11 is 0. The first-order valence-corrected chi connectivity index (χ1v) is 4.95. The molecule has 0 aliphatic carbocycles. The molecule has 0 fully saturated rings. The van der Waals surface area contributed by atoms with Gasteiger partial charge in [-0.25, -0.2) is 4.98 Å². The highest BCUT2D eigenvalue weighted by Crippen LogP contribution is 2.16. The smallest absolute Gasteiger partial charge is 0.123 e. The number of fused-ring (bicyclic) bond motifs is 1. The lowest BCUT2D eigenvalue weighted by molar-refractivity contribution is 0.760. The summed E-state index contributed by atoms with van der Waals surface area (Å²) in [6.45, 7) is 4.07. The summed E-state index contributed by atoms with van der Waals surface area (Å²) in [4.78, 5) is 7.64. The van der Waals surface area contributed by atoms with Gasteiger partial charge in [0.25, 0.3) is 0 Å². The van der Waals surface area contributed by atoms with E-state index in [0.717, 1.165) is 23.3 Å². The van der Waals surface area contributed by atoms with Gasteiger partial charge in [0.1, 0.15) is 5.82 Å². The van der Waals surface area contributed by atoms with Gasteiger partial charge in [-0.1, -0.05) is 13.0 Å². The second-order valence-electron chi connectivity index (χ2n) is 3.62. The second-order valence-corrected chi connectivity index (χ2v) is 3.62. The lowest BCUT2D eigenvalue weighted by Gasteiger charge is -1.96. The summed E-state index contributed by atoms with van der Waals surface area (Å²) in [6.07, 6.45) is 1.04. The Bertz CT molecular complexity index is 443. The van der Waals surface area contributed by atoms with Crippen LogP contribution < -0.4 is 5.73 Å². The number of nitrogens with one attached hydrogen (secondary N) is 1. The number of rotatable bonds is 2. The molecule has 0 bridgehead atoms. The van der Waals surface area contributed by atoms with Crippen LogP contribution in [0.4, 0.5) is 0 Å². The van der Waals surface area contributed by atoms with Gasteiger partial charge in [0, 0.05) is 0 Å². The molecule has 1 aromatic heterocycles. The van der Waals surface area contributed by atoms with Crippen molar-refractivity contribution in [3.05, 3.63) is 29.6 Å². The molecule has 0 saturated heterocycles. The van der Waals surface area contributed by atoms with E-state index in [1.165, 1.54) is 5.56 Å². The summed E-state index contributed by atoms with van der Waals surface area (Å²) in [5.41, 5.74) is 9.15. The molecule has 0 radical (unpaired) electrons. The van der Waals surface area contributed by atoms with Crippen molar-refractivity contribution in [1.82, 2.24) is 9.97 Å². The fraction of sp³-hybridized carbons (Fsp3) is 0.364. The highest BCUT2D eigenvalue weighted by molar-refractivity contribution is 5.75. The minimum absolute atomic E-state index is 0.0347. The molecule has 0 spiro atoms. The van der Waals surface area contributed by atoms with Crippen LogP contribution in [-0.4, -0.2) is 9.97 Å². The fourth-order valence-corrected chi connectivity index (χ4v) is 1.51. The Labute approximate surface area is 83.3 Å². The van der Waals surface area contributed by atoms with Gasteiger partial charge < -0.3 is 10.7 Å². The summed E-state index contributed by atoms with van der Waals surface area (Å²) in [7, 11) is 0. The maximum Gasteiger partial charge on any atom is 0.123 e. The molecule has 3 N–H and O–H groups in total. The summed E-state index contributed by atoms with van der Waals surface area (Å²) in [5.74, 6) is 0.855. The zero-order valence-electron chi connectivity index (χ0n) is 8.54. The Kier molecular flexibility index (Phi) is 2.25. The fourth-order valence-electron chi connectivity index (χ4n) is 1.51. The molecule has 0 unspecified atom stereocenters. The number of nitrogens with zero attached hydrogens (tertiary/aromatic N) is 1. The monoisotopic (exact) mass is 189 g/mol. The average molecular weight is 189 g/mol. The molecule has 2 rings (SSSR count). The number of benzene rings is 1. The van der Waals surface area contributed by atoms with Gasteiger partial charge in [-0.05, 0) is 31.0 Å². The third-order valence-corrected chi connectivity index (χ3v) is 2.40. The lowest BCUT2D eigenvalue weighted by atomic mass is 10.1. The minimum Gasteiger partial charge on any atom is -0.341 e. The predicted molar refractivity (Wildman–Crippen MR) is 58.1 cm³/mol. The zero-order valence-corrected chi connectivity index (χ0v) is 8.54. The van der Waals surface area contributed by atoms with Crippen molar-refractivity contribution in [2.75, 3.05) is 0 Å². The summed E-state index contributed by atoms with van der Waals surface area (Å²) < 4.78 is 0. The van der Waals surface area contributed by atoms with Crippen LogP contribution in [0.2, 0.25) is 0 Å². The Hall–Kier alpha value is -1.35. The minimum atomic E-state index is -0.0347. The summed E-state index contributed by atoms with van der Waals surface area (Å²) in [5, 5.41) is 0. The first-order valence-electron chi connectivity index (χ1n) is 4.95.